The van der Waals surface area contributed by atoms with Crippen molar-refractivity contribution in [3.05, 3.63) is 192 Å². The second kappa shape index (κ2) is 10.9. The van der Waals surface area contributed by atoms with Gasteiger partial charge in [0.15, 0.2) is 5.82 Å². The molecular formula is C49H36N2. The summed E-state index contributed by atoms with van der Waals surface area (Å²) in [7, 11) is 0. The van der Waals surface area contributed by atoms with E-state index in [0.29, 0.717) is 0 Å². The summed E-state index contributed by atoms with van der Waals surface area (Å²) >= 11 is 0. The molecule has 10 rings (SSSR count). The number of aromatic nitrogens is 2. The Kier molecular flexibility index (Phi) is 6.38. The van der Waals surface area contributed by atoms with Crippen LogP contribution in [0.5, 0.6) is 0 Å². The first kappa shape index (κ1) is 29.8. The van der Waals surface area contributed by atoms with Crippen LogP contribution in [0.25, 0.3) is 66.9 Å². The standard InChI is InChI=1S/C49H36N2/c1-48(2)41-27-15-24-37(45(41)39-28-32-18-10-11-19-33(32)29-42(39)48)43-30-44(51-47(50-43)31-16-6-4-7-17-31)38-25-14-23-36-35-22-12-13-26-40(35)49(3,46(36)38)34-20-8-5-9-21-34/h4-30H,1-3H3. The highest BCUT2D eigenvalue weighted by Gasteiger charge is 2.43. The van der Waals surface area contributed by atoms with Crippen molar-refractivity contribution >= 4 is 10.8 Å². The number of nitrogens with zero attached hydrogens (tertiary/aromatic N) is 2. The molecule has 0 amide bonds. The lowest BCUT2D eigenvalue weighted by Gasteiger charge is -2.30. The predicted molar refractivity (Wildman–Crippen MR) is 211 cm³/mol. The Morgan fingerprint density at radius 2 is 0.980 bits per heavy atom. The van der Waals surface area contributed by atoms with Gasteiger partial charge in [-0.2, -0.15) is 0 Å². The topological polar surface area (TPSA) is 25.8 Å². The predicted octanol–water partition coefficient (Wildman–Crippen LogP) is 12.3. The van der Waals surface area contributed by atoms with Crippen LogP contribution in [-0.4, -0.2) is 9.97 Å². The molecule has 8 aromatic rings. The van der Waals surface area contributed by atoms with Gasteiger partial charge in [0.05, 0.1) is 11.4 Å². The maximum absolute atomic E-state index is 5.40. The summed E-state index contributed by atoms with van der Waals surface area (Å²) < 4.78 is 0. The molecule has 51 heavy (non-hydrogen) atoms. The normalized spacial score (nSPS) is 16.4. The van der Waals surface area contributed by atoms with Crippen molar-refractivity contribution in [2.45, 2.75) is 31.6 Å². The van der Waals surface area contributed by atoms with E-state index in [9.17, 15) is 0 Å². The van der Waals surface area contributed by atoms with E-state index < -0.39 is 0 Å². The summed E-state index contributed by atoms with van der Waals surface area (Å²) in [6, 6.07) is 59.4. The molecule has 1 atom stereocenters. The molecule has 0 bridgehead atoms. The minimum Gasteiger partial charge on any atom is -0.228 e. The third-order valence-electron chi connectivity index (χ3n) is 11.5. The summed E-state index contributed by atoms with van der Waals surface area (Å²) in [5.41, 5.74) is 16.3. The SMILES string of the molecule is CC1(C)c2cc3ccccc3cc2-c2c(-c3cc(-c4cccc5c4C(C)(c4ccccc4)c4ccccc4-5)nc(-c4ccccc4)n3)cccc21. The van der Waals surface area contributed by atoms with Crippen molar-refractivity contribution in [3.8, 4) is 56.2 Å². The van der Waals surface area contributed by atoms with E-state index >= 15 is 0 Å². The van der Waals surface area contributed by atoms with E-state index in [4.69, 9.17) is 9.97 Å². The number of hydrogen-bond donors (Lipinski definition) is 0. The Morgan fingerprint density at radius 3 is 1.76 bits per heavy atom. The monoisotopic (exact) mass is 652 g/mol. The molecule has 0 saturated carbocycles. The largest absolute Gasteiger partial charge is 0.228 e. The fourth-order valence-electron chi connectivity index (χ4n) is 9.01. The van der Waals surface area contributed by atoms with Crippen LogP contribution in [-0.2, 0) is 10.8 Å². The molecule has 0 N–H and O–H groups in total. The van der Waals surface area contributed by atoms with Crippen LogP contribution >= 0.6 is 0 Å². The molecule has 0 saturated heterocycles. The summed E-state index contributed by atoms with van der Waals surface area (Å²) in [5, 5.41) is 2.53. The molecule has 0 spiro atoms. The molecule has 0 aliphatic heterocycles. The third-order valence-corrected chi connectivity index (χ3v) is 11.5. The lowest BCUT2D eigenvalue weighted by molar-refractivity contribution is 0.661. The highest BCUT2D eigenvalue weighted by atomic mass is 14.9. The van der Waals surface area contributed by atoms with Gasteiger partial charge in [-0.3, -0.25) is 0 Å². The number of hydrogen-bond acceptors (Lipinski definition) is 2. The summed E-state index contributed by atoms with van der Waals surface area (Å²) in [6.07, 6.45) is 0. The molecule has 1 aromatic heterocycles. The van der Waals surface area contributed by atoms with Crippen LogP contribution in [0.15, 0.2) is 164 Å². The quantitative estimate of drug-likeness (QED) is 0.189. The van der Waals surface area contributed by atoms with E-state index in [1.54, 1.807) is 0 Å². The second-order valence-corrected chi connectivity index (χ2v) is 14.7. The molecule has 2 aliphatic rings. The van der Waals surface area contributed by atoms with E-state index in [1.165, 1.54) is 60.8 Å². The van der Waals surface area contributed by atoms with Gasteiger partial charge in [-0.05, 0) is 86.0 Å². The van der Waals surface area contributed by atoms with Gasteiger partial charge in [-0.25, -0.2) is 9.97 Å². The maximum Gasteiger partial charge on any atom is 0.160 e. The Morgan fingerprint density at radius 1 is 0.412 bits per heavy atom. The smallest absolute Gasteiger partial charge is 0.160 e. The first-order valence-electron chi connectivity index (χ1n) is 17.8. The van der Waals surface area contributed by atoms with E-state index in [0.717, 1.165) is 33.9 Å². The van der Waals surface area contributed by atoms with Gasteiger partial charge >= 0.3 is 0 Å². The zero-order valence-electron chi connectivity index (χ0n) is 29.0. The van der Waals surface area contributed by atoms with Gasteiger partial charge in [-0.1, -0.05) is 159 Å². The minimum atomic E-state index is -0.361. The fourth-order valence-corrected chi connectivity index (χ4v) is 9.01. The van der Waals surface area contributed by atoms with E-state index in [-0.39, 0.29) is 10.8 Å². The summed E-state index contributed by atoms with van der Waals surface area (Å²) in [4.78, 5) is 10.8. The molecule has 2 aliphatic carbocycles. The molecular weight excluding hydrogens is 617 g/mol. The van der Waals surface area contributed by atoms with Crippen molar-refractivity contribution in [1.82, 2.24) is 9.97 Å². The van der Waals surface area contributed by atoms with Crippen molar-refractivity contribution in [3.63, 3.8) is 0 Å². The molecule has 1 unspecified atom stereocenters. The average Bonchev–Trinajstić information content (AvgIpc) is 3.59. The Labute approximate surface area is 299 Å². The molecule has 1 heterocycles. The first-order valence-corrected chi connectivity index (χ1v) is 17.8. The highest BCUT2D eigenvalue weighted by molar-refractivity contribution is 5.99. The van der Waals surface area contributed by atoms with Crippen LogP contribution in [0.2, 0.25) is 0 Å². The van der Waals surface area contributed by atoms with E-state index in [1.807, 2.05) is 6.07 Å². The van der Waals surface area contributed by atoms with Crippen LogP contribution in [0.1, 0.15) is 48.6 Å². The van der Waals surface area contributed by atoms with Crippen LogP contribution in [0.4, 0.5) is 0 Å². The zero-order chi connectivity index (χ0) is 34.3. The van der Waals surface area contributed by atoms with Gasteiger partial charge < -0.3 is 0 Å². The van der Waals surface area contributed by atoms with Crippen LogP contribution in [0.3, 0.4) is 0 Å². The second-order valence-electron chi connectivity index (χ2n) is 14.7. The van der Waals surface area contributed by atoms with Gasteiger partial charge in [0.1, 0.15) is 0 Å². The zero-order valence-corrected chi connectivity index (χ0v) is 29.0. The molecule has 242 valence electrons. The number of rotatable bonds is 4. The van der Waals surface area contributed by atoms with Crippen LogP contribution in [0, 0.1) is 0 Å². The molecule has 2 heteroatoms. The maximum atomic E-state index is 5.40. The average molecular weight is 653 g/mol. The van der Waals surface area contributed by atoms with Gasteiger partial charge in [-0.15, -0.1) is 0 Å². The van der Waals surface area contributed by atoms with Crippen molar-refractivity contribution < 1.29 is 0 Å². The molecule has 0 radical (unpaired) electrons. The summed E-state index contributed by atoms with van der Waals surface area (Å²) in [5.74, 6) is 0.728. The fraction of sp³-hybridized carbons (Fsp3) is 0.102. The summed E-state index contributed by atoms with van der Waals surface area (Å²) in [6.45, 7) is 7.09. The van der Waals surface area contributed by atoms with E-state index in [2.05, 4.69) is 178 Å². The lowest BCUT2D eigenvalue weighted by Crippen LogP contribution is -2.23. The van der Waals surface area contributed by atoms with Gasteiger partial charge in [0.25, 0.3) is 0 Å². The molecule has 7 aromatic carbocycles. The molecule has 0 fully saturated rings. The Bertz CT molecular complexity index is 2670. The first-order chi connectivity index (χ1) is 24.9. The highest BCUT2D eigenvalue weighted by Crippen LogP contribution is 2.56. The number of benzene rings is 7. The van der Waals surface area contributed by atoms with Gasteiger partial charge in [0, 0.05) is 27.5 Å². The van der Waals surface area contributed by atoms with Crippen molar-refractivity contribution in [2.24, 2.45) is 0 Å². The Hall–Kier alpha value is -6.12. The third kappa shape index (κ3) is 4.29. The molecule has 2 nitrogen and oxygen atoms in total. The lowest BCUT2D eigenvalue weighted by atomic mass is 9.72. The number of fused-ring (bicyclic) bond motifs is 7. The van der Waals surface area contributed by atoms with Crippen molar-refractivity contribution in [2.75, 3.05) is 0 Å². The van der Waals surface area contributed by atoms with Crippen LogP contribution < -0.4 is 0 Å². The Balaban J connectivity index is 1.26. The van der Waals surface area contributed by atoms with Gasteiger partial charge in [0.2, 0.25) is 0 Å². The minimum absolute atomic E-state index is 0.146. The van der Waals surface area contributed by atoms with Crippen molar-refractivity contribution in [1.29, 1.82) is 0 Å².